The Morgan fingerprint density at radius 2 is 1.78 bits per heavy atom. The van der Waals surface area contributed by atoms with Gasteiger partial charge in [-0.05, 0) is 55.8 Å². The molecular weight excluding hydrogens is 492 g/mol. The second-order valence-electron chi connectivity index (χ2n) is 9.44. The molecule has 0 saturated carbocycles. The fraction of sp³-hybridized carbons (Fsp3) is 0.393. The van der Waals surface area contributed by atoms with E-state index in [0.29, 0.717) is 36.5 Å². The van der Waals surface area contributed by atoms with Gasteiger partial charge in [0.15, 0.2) is 0 Å². The second-order valence-corrected chi connectivity index (χ2v) is 9.88. The molecule has 2 aromatic carbocycles. The van der Waals surface area contributed by atoms with E-state index in [-0.39, 0.29) is 24.0 Å². The summed E-state index contributed by atoms with van der Waals surface area (Å²) in [6.45, 7) is 5.05. The normalized spacial score (nSPS) is 15.9. The van der Waals surface area contributed by atoms with Gasteiger partial charge in [0, 0.05) is 53.7 Å². The average Bonchev–Trinajstić information content (AvgIpc) is 2.89. The SMILES string of the molecule is CCC(OCC(Cc1cc(=O)[nH]c2ccccc12)NC(=O)c1ccc(Cl)cc1)C(=O)N1CCN(C)CC1. The molecule has 1 aromatic heterocycles. The summed E-state index contributed by atoms with van der Waals surface area (Å²) in [5.74, 6) is -0.308. The summed E-state index contributed by atoms with van der Waals surface area (Å²) in [5.41, 5.74) is 1.77. The molecule has 3 aromatic rings. The van der Waals surface area contributed by atoms with Gasteiger partial charge in [0.25, 0.3) is 11.8 Å². The Labute approximate surface area is 221 Å². The molecule has 0 aliphatic carbocycles. The lowest BCUT2D eigenvalue weighted by Crippen LogP contribution is -2.51. The van der Waals surface area contributed by atoms with Crippen LogP contribution in [-0.2, 0) is 16.0 Å². The predicted molar refractivity (Wildman–Crippen MR) is 145 cm³/mol. The minimum absolute atomic E-state index is 0.0278. The Hall–Kier alpha value is -3.20. The third kappa shape index (κ3) is 6.97. The minimum Gasteiger partial charge on any atom is -0.366 e. The van der Waals surface area contributed by atoms with Gasteiger partial charge in [-0.15, -0.1) is 0 Å². The van der Waals surface area contributed by atoms with Crippen LogP contribution < -0.4 is 10.9 Å². The molecule has 4 rings (SSSR count). The van der Waals surface area contributed by atoms with Crippen LogP contribution in [0.15, 0.2) is 59.4 Å². The fourth-order valence-corrected chi connectivity index (χ4v) is 4.69. The fourth-order valence-electron chi connectivity index (χ4n) is 4.56. The molecule has 1 aliphatic rings. The molecule has 9 heteroatoms. The van der Waals surface area contributed by atoms with Crippen molar-refractivity contribution in [3.05, 3.63) is 81.1 Å². The van der Waals surface area contributed by atoms with Gasteiger partial charge < -0.3 is 24.8 Å². The Kier molecular flexibility index (Phi) is 8.97. The number of carbonyl (C=O) groups is 2. The number of rotatable bonds is 9. The molecule has 2 N–H and O–H groups in total. The number of hydrogen-bond acceptors (Lipinski definition) is 5. The van der Waals surface area contributed by atoms with E-state index >= 15 is 0 Å². The Morgan fingerprint density at radius 3 is 2.49 bits per heavy atom. The van der Waals surface area contributed by atoms with Gasteiger partial charge in [0.2, 0.25) is 5.56 Å². The standard InChI is InChI=1S/C28H33ClN4O4/c1-3-25(28(36)33-14-12-32(2)13-15-33)37-18-22(30-27(35)19-8-10-21(29)11-9-19)16-20-17-26(34)31-24-7-5-4-6-23(20)24/h4-11,17,22,25H,3,12-16,18H2,1-2H3,(H,30,35)(H,31,34). The number of halogens is 1. The minimum atomic E-state index is -0.603. The zero-order chi connectivity index (χ0) is 26.4. The third-order valence-electron chi connectivity index (χ3n) is 6.70. The van der Waals surface area contributed by atoms with Crippen LogP contribution >= 0.6 is 11.6 Å². The van der Waals surface area contributed by atoms with Crippen LogP contribution in [0.25, 0.3) is 10.9 Å². The number of carbonyl (C=O) groups excluding carboxylic acids is 2. The first kappa shape index (κ1) is 26.9. The van der Waals surface area contributed by atoms with Crippen molar-refractivity contribution in [3.8, 4) is 0 Å². The number of para-hydroxylation sites is 1. The van der Waals surface area contributed by atoms with Gasteiger partial charge in [-0.3, -0.25) is 14.4 Å². The summed E-state index contributed by atoms with van der Waals surface area (Å²) < 4.78 is 6.14. The van der Waals surface area contributed by atoms with E-state index in [1.54, 1.807) is 30.3 Å². The molecule has 1 aliphatic heterocycles. The summed E-state index contributed by atoms with van der Waals surface area (Å²) in [6.07, 6.45) is 0.286. The van der Waals surface area contributed by atoms with E-state index in [1.807, 2.05) is 43.1 Å². The van der Waals surface area contributed by atoms with Crippen molar-refractivity contribution in [2.24, 2.45) is 0 Å². The van der Waals surface area contributed by atoms with E-state index in [2.05, 4.69) is 15.2 Å². The number of nitrogens with zero attached hydrogens (tertiary/aromatic N) is 2. The molecule has 0 bridgehead atoms. The number of aromatic amines is 1. The molecule has 1 fully saturated rings. The first-order valence-corrected chi connectivity index (χ1v) is 13.0. The number of nitrogens with one attached hydrogen (secondary N) is 2. The molecule has 196 valence electrons. The molecule has 37 heavy (non-hydrogen) atoms. The van der Waals surface area contributed by atoms with Crippen LogP contribution in [0, 0.1) is 0 Å². The molecule has 2 unspecified atom stereocenters. The maximum atomic E-state index is 13.1. The average molecular weight is 525 g/mol. The molecule has 2 atom stereocenters. The number of H-pyrrole nitrogens is 1. The summed E-state index contributed by atoms with van der Waals surface area (Å²) in [6, 6.07) is 15.3. The van der Waals surface area contributed by atoms with Crippen molar-refractivity contribution in [2.45, 2.75) is 31.9 Å². The van der Waals surface area contributed by atoms with Crippen molar-refractivity contribution < 1.29 is 14.3 Å². The van der Waals surface area contributed by atoms with E-state index in [9.17, 15) is 14.4 Å². The second kappa shape index (κ2) is 12.4. The smallest absolute Gasteiger partial charge is 0.251 e. The van der Waals surface area contributed by atoms with E-state index < -0.39 is 12.1 Å². The van der Waals surface area contributed by atoms with Crippen LogP contribution in [0.1, 0.15) is 29.3 Å². The van der Waals surface area contributed by atoms with Crippen molar-refractivity contribution in [1.82, 2.24) is 20.1 Å². The Balaban J connectivity index is 1.53. The van der Waals surface area contributed by atoms with Crippen molar-refractivity contribution in [3.63, 3.8) is 0 Å². The van der Waals surface area contributed by atoms with Crippen LogP contribution in [0.5, 0.6) is 0 Å². The first-order chi connectivity index (χ1) is 17.8. The number of likely N-dealkylation sites (N-methyl/N-ethyl adjacent to an activating group) is 1. The number of fused-ring (bicyclic) bond motifs is 1. The van der Waals surface area contributed by atoms with Gasteiger partial charge >= 0.3 is 0 Å². The number of pyridine rings is 1. The summed E-state index contributed by atoms with van der Waals surface area (Å²) in [7, 11) is 2.04. The van der Waals surface area contributed by atoms with E-state index in [0.717, 1.165) is 29.6 Å². The van der Waals surface area contributed by atoms with E-state index in [4.69, 9.17) is 16.3 Å². The third-order valence-corrected chi connectivity index (χ3v) is 6.96. The van der Waals surface area contributed by atoms with Crippen molar-refractivity contribution in [2.75, 3.05) is 39.8 Å². The number of benzene rings is 2. The van der Waals surface area contributed by atoms with Crippen LogP contribution in [0.4, 0.5) is 0 Å². The van der Waals surface area contributed by atoms with E-state index in [1.165, 1.54) is 0 Å². The number of amides is 2. The largest absolute Gasteiger partial charge is 0.366 e. The summed E-state index contributed by atoms with van der Waals surface area (Å²) in [5, 5.41) is 4.48. The predicted octanol–water partition coefficient (Wildman–Crippen LogP) is 3.09. The van der Waals surface area contributed by atoms with Crippen LogP contribution in [0.2, 0.25) is 5.02 Å². The summed E-state index contributed by atoms with van der Waals surface area (Å²) >= 11 is 5.98. The van der Waals surface area contributed by atoms with Gasteiger partial charge in [0.1, 0.15) is 6.10 Å². The van der Waals surface area contributed by atoms with Gasteiger partial charge in [-0.1, -0.05) is 36.7 Å². The number of piperazine rings is 1. The highest BCUT2D eigenvalue weighted by molar-refractivity contribution is 6.30. The van der Waals surface area contributed by atoms with Gasteiger partial charge in [-0.2, -0.15) is 0 Å². The first-order valence-electron chi connectivity index (χ1n) is 12.6. The number of aromatic nitrogens is 1. The van der Waals surface area contributed by atoms with Gasteiger partial charge in [0.05, 0.1) is 12.6 Å². The van der Waals surface area contributed by atoms with Crippen LogP contribution in [-0.4, -0.2) is 78.6 Å². The number of hydrogen-bond donors (Lipinski definition) is 2. The van der Waals surface area contributed by atoms with Crippen molar-refractivity contribution >= 4 is 34.3 Å². The lowest BCUT2D eigenvalue weighted by atomic mass is 10.0. The quantitative estimate of drug-likeness (QED) is 0.448. The molecule has 0 spiro atoms. The molecule has 2 heterocycles. The zero-order valence-corrected chi connectivity index (χ0v) is 22.0. The molecule has 8 nitrogen and oxygen atoms in total. The highest BCUT2D eigenvalue weighted by Gasteiger charge is 2.27. The number of ether oxygens (including phenoxy) is 1. The van der Waals surface area contributed by atoms with Gasteiger partial charge in [-0.25, -0.2) is 0 Å². The lowest BCUT2D eigenvalue weighted by molar-refractivity contribution is -0.146. The Morgan fingerprint density at radius 1 is 1.08 bits per heavy atom. The highest BCUT2D eigenvalue weighted by Crippen LogP contribution is 2.18. The summed E-state index contributed by atoms with van der Waals surface area (Å²) in [4.78, 5) is 45.4. The maximum absolute atomic E-state index is 13.1. The monoisotopic (exact) mass is 524 g/mol. The Bertz CT molecular complexity index is 1290. The van der Waals surface area contributed by atoms with Crippen LogP contribution in [0.3, 0.4) is 0 Å². The molecule has 0 radical (unpaired) electrons. The topological polar surface area (TPSA) is 94.7 Å². The maximum Gasteiger partial charge on any atom is 0.251 e. The van der Waals surface area contributed by atoms with Crippen molar-refractivity contribution in [1.29, 1.82) is 0 Å². The highest BCUT2D eigenvalue weighted by atomic mass is 35.5. The molecular formula is C28H33ClN4O4. The molecule has 2 amide bonds. The molecule has 1 saturated heterocycles. The zero-order valence-electron chi connectivity index (χ0n) is 21.2. The lowest BCUT2D eigenvalue weighted by Gasteiger charge is -2.34.